The zero-order valence-corrected chi connectivity index (χ0v) is 13.3. The van der Waals surface area contributed by atoms with Gasteiger partial charge in [-0.15, -0.1) is 0 Å². The average Bonchev–Trinajstić information content (AvgIpc) is 3.05. The standard InChI is InChI=1S/C18H28F2O2/c19-16-10-9-15(11-17(16)20)22-18(21)14-7-5-13(6-8-14)12-3-1-2-4-12/h12-17H,1-11H2. The van der Waals surface area contributed by atoms with Crippen LogP contribution in [0, 0.1) is 17.8 Å². The number of halogens is 2. The summed E-state index contributed by atoms with van der Waals surface area (Å²) in [7, 11) is 0. The second-order valence-corrected chi connectivity index (χ2v) is 7.56. The Morgan fingerprint density at radius 3 is 2.05 bits per heavy atom. The number of alkyl halides is 2. The van der Waals surface area contributed by atoms with E-state index in [0.717, 1.165) is 37.5 Å². The fourth-order valence-corrected chi connectivity index (χ4v) is 4.67. The zero-order chi connectivity index (χ0) is 15.5. The topological polar surface area (TPSA) is 26.3 Å². The SMILES string of the molecule is O=C(OC1CCC(F)C(F)C1)C1CCC(C2CCCC2)CC1. The Balaban J connectivity index is 1.42. The maximum atomic E-state index is 13.4. The number of hydrogen-bond acceptors (Lipinski definition) is 2. The average molecular weight is 314 g/mol. The second kappa shape index (κ2) is 7.27. The summed E-state index contributed by atoms with van der Waals surface area (Å²) in [6, 6.07) is 0. The maximum absolute atomic E-state index is 13.4. The van der Waals surface area contributed by atoms with Gasteiger partial charge in [-0.1, -0.05) is 25.7 Å². The fraction of sp³-hybridized carbons (Fsp3) is 0.944. The van der Waals surface area contributed by atoms with E-state index in [4.69, 9.17) is 4.74 Å². The van der Waals surface area contributed by atoms with Crippen LogP contribution in [0.15, 0.2) is 0 Å². The summed E-state index contributed by atoms with van der Waals surface area (Å²) in [4.78, 5) is 12.2. The van der Waals surface area contributed by atoms with E-state index in [2.05, 4.69) is 0 Å². The molecule has 0 aliphatic heterocycles. The molecule has 3 atom stereocenters. The Morgan fingerprint density at radius 2 is 1.41 bits per heavy atom. The lowest BCUT2D eigenvalue weighted by molar-refractivity contribution is -0.159. The molecule has 0 bridgehead atoms. The second-order valence-electron chi connectivity index (χ2n) is 7.56. The van der Waals surface area contributed by atoms with Crippen LogP contribution in [0.1, 0.15) is 70.6 Å². The van der Waals surface area contributed by atoms with Crippen molar-refractivity contribution >= 4 is 5.97 Å². The molecule has 0 heterocycles. The van der Waals surface area contributed by atoms with E-state index >= 15 is 0 Å². The number of hydrogen-bond donors (Lipinski definition) is 0. The molecular weight excluding hydrogens is 286 g/mol. The third-order valence-corrected chi connectivity index (χ3v) is 6.10. The molecule has 3 unspecified atom stereocenters. The zero-order valence-electron chi connectivity index (χ0n) is 13.3. The largest absolute Gasteiger partial charge is 0.462 e. The molecule has 3 rings (SSSR count). The molecule has 0 radical (unpaired) electrons. The molecule has 0 aromatic carbocycles. The van der Waals surface area contributed by atoms with Gasteiger partial charge < -0.3 is 4.74 Å². The van der Waals surface area contributed by atoms with Gasteiger partial charge in [0, 0.05) is 6.42 Å². The Kier molecular flexibility index (Phi) is 5.35. The smallest absolute Gasteiger partial charge is 0.309 e. The van der Waals surface area contributed by atoms with Gasteiger partial charge in [-0.2, -0.15) is 0 Å². The highest BCUT2D eigenvalue weighted by molar-refractivity contribution is 5.72. The van der Waals surface area contributed by atoms with Crippen LogP contribution in [0.5, 0.6) is 0 Å². The van der Waals surface area contributed by atoms with Crippen molar-refractivity contribution in [3.63, 3.8) is 0 Å². The molecule has 0 N–H and O–H groups in total. The predicted molar refractivity (Wildman–Crippen MR) is 80.9 cm³/mol. The number of ether oxygens (including phenoxy) is 1. The summed E-state index contributed by atoms with van der Waals surface area (Å²) in [5.41, 5.74) is 0. The van der Waals surface area contributed by atoms with Crippen LogP contribution in [-0.4, -0.2) is 24.4 Å². The van der Waals surface area contributed by atoms with Gasteiger partial charge >= 0.3 is 5.97 Å². The summed E-state index contributed by atoms with van der Waals surface area (Å²) in [6.07, 6.45) is 6.97. The van der Waals surface area contributed by atoms with Crippen molar-refractivity contribution in [2.24, 2.45) is 17.8 Å². The molecule has 3 aliphatic rings. The first-order chi connectivity index (χ1) is 10.6. The van der Waals surface area contributed by atoms with Crippen LogP contribution in [0.4, 0.5) is 8.78 Å². The molecule has 0 aromatic heterocycles. The van der Waals surface area contributed by atoms with Gasteiger partial charge in [-0.25, -0.2) is 8.78 Å². The quantitative estimate of drug-likeness (QED) is 0.702. The van der Waals surface area contributed by atoms with Crippen LogP contribution in [0.2, 0.25) is 0 Å². The molecule has 0 spiro atoms. The summed E-state index contributed by atoms with van der Waals surface area (Å²) in [5.74, 6) is 1.49. The Hall–Kier alpha value is -0.670. The highest BCUT2D eigenvalue weighted by Crippen LogP contribution is 2.41. The molecule has 0 amide bonds. The molecule has 22 heavy (non-hydrogen) atoms. The van der Waals surface area contributed by atoms with Gasteiger partial charge in [0.2, 0.25) is 0 Å². The molecule has 126 valence electrons. The van der Waals surface area contributed by atoms with E-state index in [-0.39, 0.29) is 24.7 Å². The first-order valence-electron chi connectivity index (χ1n) is 9.12. The predicted octanol–water partition coefficient (Wildman–Crippen LogP) is 4.75. The van der Waals surface area contributed by atoms with Crippen molar-refractivity contribution in [1.29, 1.82) is 0 Å². The first-order valence-corrected chi connectivity index (χ1v) is 9.12. The highest BCUT2D eigenvalue weighted by Gasteiger charge is 2.36. The first kappa shape index (κ1) is 16.2. The van der Waals surface area contributed by atoms with Crippen molar-refractivity contribution in [3.05, 3.63) is 0 Å². The van der Waals surface area contributed by atoms with Crippen LogP contribution in [-0.2, 0) is 9.53 Å². The Bertz CT molecular complexity index is 373. The summed E-state index contributed by atoms with van der Waals surface area (Å²) in [6.45, 7) is 0. The third kappa shape index (κ3) is 3.80. The van der Waals surface area contributed by atoms with Crippen molar-refractivity contribution < 1.29 is 18.3 Å². The van der Waals surface area contributed by atoms with Gasteiger partial charge in [-0.05, 0) is 50.4 Å². The number of carbonyl (C=O) groups excluding carboxylic acids is 1. The van der Waals surface area contributed by atoms with Crippen molar-refractivity contribution in [2.45, 2.75) is 89.1 Å². The van der Waals surface area contributed by atoms with E-state index < -0.39 is 18.4 Å². The van der Waals surface area contributed by atoms with Gasteiger partial charge in [-0.3, -0.25) is 4.79 Å². The lowest BCUT2D eigenvalue weighted by atomic mass is 9.75. The van der Waals surface area contributed by atoms with Crippen molar-refractivity contribution in [1.82, 2.24) is 0 Å². The van der Waals surface area contributed by atoms with Gasteiger partial charge in [0.1, 0.15) is 18.4 Å². The van der Waals surface area contributed by atoms with E-state index in [1.807, 2.05) is 0 Å². The van der Waals surface area contributed by atoms with Crippen LogP contribution >= 0.6 is 0 Å². The molecule has 0 saturated heterocycles. The van der Waals surface area contributed by atoms with E-state index in [9.17, 15) is 13.6 Å². The van der Waals surface area contributed by atoms with Crippen LogP contribution < -0.4 is 0 Å². The van der Waals surface area contributed by atoms with Gasteiger partial charge in [0.15, 0.2) is 0 Å². The Morgan fingerprint density at radius 1 is 0.773 bits per heavy atom. The Labute approximate surface area is 132 Å². The van der Waals surface area contributed by atoms with Gasteiger partial charge in [0.05, 0.1) is 5.92 Å². The fourth-order valence-electron chi connectivity index (χ4n) is 4.67. The van der Waals surface area contributed by atoms with Crippen molar-refractivity contribution in [3.8, 4) is 0 Å². The van der Waals surface area contributed by atoms with Gasteiger partial charge in [0.25, 0.3) is 0 Å². The van der Waals surface area contributed by atoms with E-state index in [1.54, 1.807) is 0 Å². The number of esters is 1. The number of rotatable bonds is 3. The minimum Gasteiger partial charge on any atom is -0.462 e. The monoisotopic (exact) mass is 314 g/mol. The lowest BCUT2D eigenvalue weighted by Gasteiger charge is -2.33. The molecular formula is C18H28F2O2. The van der Waals surface area contributed by atoms with Crippen LogP contribution in [0.3, 0.4) is 0 Å². The summed E-state index contributed by atoms with van der Waals surface area (Å²) < 4.78 is 32.0. The minimum absolute atomic E-state index is 0.0150. The normalized spacial score (nSPS) is 40.5. The third-order valence-electron chi connectivity index (χ3n) is 6.10. The minimum atomic E-state index is -1.47. The lowest BCUT2D eigenvalue weighted by Crippen LogP contribution is -2.35. The van der Waals surface area contributed by atoms with E-state index in [1.165, 1.54) is 25.7 Å². The maximum Gasteiger partial charge on any atom is 0.309 e. The summed E-state index contributed by atoms with van der Waals surface area (Å²) >= 11 is 0. The molecule has 3 fully saturated rings. The van der Waals surface area contributed by atoms with Crippen molar-refractivity contribution in [2.75, 3.05) is 0 Å². The molecule has 3 saturated carbocycles. The highest BCUT2D eigenvalue weighted by atomic mass is 19.2. The van der Waals surface area contributed by atoms with E-state index in [0.29, 0.717) is 6.42 Å². The molecule has 4 heteroatoms. The summed E-state index contributed by atoms with van der Waals surface area (Å²) in [5, 5.41) is 0. The van der Waals surface area contributed by atoms with Crippen LogP contribution in [0.25, 0.3) is 0 Å². The molecule has 0 aromatic rings. The number of carbonyl (C=O) groups is 1. The molecule has 3 aliphatic carbocycles. The molecule has 2 nitrogen and oxygen atoms in total.